The van der Waals surface area contributed by atoms with E-state index in [4.69, 9.17) is 4.74 Å². The third-order valence-corrected chi connectivity index (χ3v) is 5.68. The Labute approximate surface area is 128 Å². The van der Waals surface area contributed by atoms with Crippen LogP contribution in [0.3, 0.4) is 0 Å². The van der Waals surface area contributed by atoms with E-state index in [0.717, 1.165) is 26.3 Å². The predicted octanol–water partition coefficient (Wildman–Crippen LogP) is 4.51. The number of fused-ring (bicyclic) bond motifs is 3. The first-order valence-electron chi connectivity index (χ1n) is 7.50. The molecule has 1 fully saturated rings. The molecule has 0 atom stereocenters. The van der Waals surface area contributed by atoms with Gasteiger partial charge in [-0.2, -0.15) is 0 Å². The van der Waals surface area contributed by atoms with Gasteiger partial charge in [0.2, 0.25) is 0 Å². The molecule has 0 bridgehead atoms. The molecule has 1 aliphatic rings. The number of aryl methyl sites for hydroxylation is 1. The van der Waals surface area contributed by atoms with Crippen LogP contribution in [0.2, 0.25) is 0 Å². The first-order valence-corrected chi connectivity index (χ1v) is 8.31. The molecule has 0 saturated carbocycles. The monoisotopic (exact) mass is 297 g/mol. The van der Waals surface area contributed by atoms with Crippen LogP contribution in [0, 0.1) is 13.8 Å². The standard InChI is InChI=1S/C18H19NOS/c1-12-11-15-14-5-3-4-6-16(14)21-18(15)17(13(12)2)19-7-9-20-10-8-19/h3-6,11H,7-10H2,1-2H3. The molecule has 1 aromatic heterocycles. The third kappa shape index (κ3) is 2.03. The largest absolute Gasteiger partial charge is 0.378 e. The smallest absolute Gasteiger partial charge is 0.0642 e. The van der Waals surface area contributed by atoms with Gasteiger partial charge in [-0.15, -0.1) is 11.3 Å². The zero-order chi connectivity index (χ0) is 14.4. The number of thiophene rings is 1. The summed E-state index contributed by atoms with van der Waals surface area (Å²) in [6, 6.07) is 11.1. The molecule has 0 unspecified atom stereocenters. The number of benzene rings is 2. The van der Waals surface area contributed by atoms with Gasteiger partial charge < -0.3 is 9.64 Å². The van der Waals surface area contributed by atoms with Crippen molar-refractivity contribution in [2.75, 3.05) is 31.2 Å². The minimum absolute atomic E-state index is 0.833. The normalized spacial score (nSPS) is 16.0. The Balaban J connectivity index is 2.04. The van der Waals surface area contributed by atoms with Gasteiger partial charge in [0.05, 0.1) is 23.6 Å². The fraction of sp³-hybridized carbons (Fsp3) is 0.333. The van der Waals surface area contributed by atoms with E-state index in [1.165, 1.54) is 37.0 Å². The molecule has 0 spiro atoms. The lowest BCUT2D eigenvalue weighted by molar-refractivity contribution is 0.123. The lowest BCUT2D eigenvalue weighted by Gasteiger charge is -2.31. The fourth-order valence-electron chi connectivity index (χ4n) is 3.23. The molecule has 0 radical (unpaired) electrons. The van der Waals surface area contributed by atoms with Crippen molar-refractivity contribution >= 4 is 37.2 Å². The van der Waals surface area contributed by atoms with Crippen molar-refractivity contribution in [3.63, 3.8) is 0 Å². The average molecular weight is 297 g/mol. The fourth-order valence-corrected chi connectivity index (χ4v) is 4.55. The second-order valence-corrected chi connectivity index (χ2v) is 6.79. The van der Waals surface area contributed by atoms with Gasteiger partial charge in [0.1, 0.15) is 0 Å². The van der Waals surface area contributed by atoms with Gasteiger partial charge in [0.25, 0.3) is 0 Å². The van der Waals surface area contributed by atoms with E-state index in [-0.39, 0.29) is 0 Å². The van der Waals surface area contributed by atoms with Crippen molar-refractivity contribution < 1.29 is 4.74 Å². The van der Waals surface area contributed by atoms with Crippen LogP contribution >= 0.6 is 11.3 Å². The molecule has 21 heavy (non-hydrogen) atoms. The van der Waals surface area contributed by atoms with Gasteiger partial charge in [-0.25, -0.2) is 0 Å². The molecule has 1 aliphatic heterocycles. The molecular weight excluding hydrogens is 278 g/mol. The van der Waals surface area contributed by atoms with Crippen LogP contribution in [-0.4, -0.2) is 26.3 Å². The van der Waals surface area contributed by atoms with E-state index in [2.05, 4.69) is 49.1 Å². The molecule has 2 aromatic carbocycles. The summed E-state index contributed by atoms with van der Waals surface area (Å²) in [4.78, 5) is 2.50. The van der Waals surface area contributed by atoms with Crippen molar-refractivity contribution in [1.29, 1.82) is 0 Å². The van der Waals surface area contributed by atoms with Crippen molar-refractivity contribution in [2.24, 2.45) is 0 Å². The van der Waals surface area contributed by atoms with E-state index >= 15 is 0 Å². The lowest BCUT2D eigenvalue weighted by Crippen LogP contribution is -2.36. The van der Waals surface area contributed by atoms with E-state index < -0.39 is 0 Å². The highest BCUT2D eigenvalue weighted by atomic mass is 32.1. The number of anilines is 1. The summed E-state index contributed by atoms with van der Waals surface area (Å²) in [5, 5.41) is 2.79. The summed E-state index contributed by atoms with van der Waals surface area (Å²) in [5.74, 6) is 0. The molecule has 2 heterocycles. The molecule has 2 nitrogen and oxygen atoms in total. The van der Waals surface area contributed by atoms with E-state index in [0.29, 0.717) is 0 Å². The van der Waals surface area contributed by atoms with Crippen LogP contribution < -0.4 is 4.90 Å². The summed E-state index contributed by atoms with van der Waals surface area (Å²) in [6.07, 6.45) is 0. The quantitative estimate of drug-likeness (QED) is 0.655. The summed E-state index contributed by atoms with van der Waals surface area (Å²) in [7, 11) is 0. The second kappa shape index (κ2) is 5.00. The molecule has 0 N–H and O–H groups in total. The number of hydrogen-bond donors (Lipinski definition) is 0. The Hall–Kier alpha value is -1.58. The number of nitrogens with zero attached hydrogens (tertiary/aromatic N) is 1. The predicted molar refractivity (Wildman–Crippen MR) is 91.8 cm³/mol. The van der Waals surface area contributed by atoms with E-state index in [1.807, 2.05) is 11.3 Å². The van der Waals surface area contributed by atoms with Crippen LogP contribution in [0.4, 0.5) is 5.69 Å². The minimum Gasteiger partial charge on any atom is -0.378 e. The van der Waals surface area contributed by atoms with Crippen molar-refractivity contribution in [1.82, 2.24) is 0 Å². The van der Waals surface area contributed by atoms with Gasteiger partial charge in [-0.1, -0.05) is 18.2 Å². The van der Waals surface area contributed by atoms with Gasteiger partial charge >= 0.3 is 0 Å². The Morgan fingerprint density at radius 2 is 1.81 bits per heavy atom. The summed E-state index contributed by atoms with van der Waals surface area (Å²) in [6.45, 7) is 8.13. The Morgan fingerprint density at radius 3 is 2.62 bits per heavy atom. The van der Waals surface area contributed by atoms with Crippen molar-refractivity contribution in [3.8, 4) is 0 Å². The molecule has 108 valence electrons. The highest BCUT2D eigenvalue weighted by Crippen LogP contribution is 2.42. The zero-order valence-corrected chi connectivity index (χ0v) is 13.3. The highest BCUT2D eigenvalue weighted by Gasteiger charge is 2.20. The number of hydrogen-bond acceptors (Lipinski definition) is 3. The molecule has 4 rings (SSSR count). The average Bonchev–Trinajstić information content (AvgIpc) is 2.87. The maximum atomic E-state index is 5.52. The first-order chi connectivity index (χ1) is 10.3. The molecule has 0 aliphatic carbocycles. The molecular formula is C18H19NOS. The van der Waals surface area contributed by atoms with E-state index in [1.54, 1.807) is 0 Å². The molecule has 0 amide bonds. The number of morpholine rings is 1. The van der Waals surface area contributed by atoms with Gasteiger partial charge in [-0.3, -0.25) is 0 Å². The zero-order valence-electron chi connectivity index (χ0n) is 12.5. The highest BCUT2D eigenvalue weighted by molar-refractivity contribution is 7.26. The molecule has 1 saturated heterocycles. The Bertz CT molecular complexity index is 815. The van der Waals surface area contributed by atoms with E-state index in [9.17, 15) is 0 Å². The SMILES string of the molecule is Cc1cc2c(sc3ccccc32)c(N2CCOCC2)c1C. The van der Waals surface area contributed by atoms with Gasteiger partial charge in [0.15, 0.2) is 0 Å². The summed E-state index contributed by atoms with van der Waals surface area (Å²) in [5.41, 5.74) is 4.22. The van der Waals surface area contributed by atoms with Gasteiger partial charge in [-0.05, 0) is 37.1 Å². The van der Waals surface area contributed by atoms with Crippen LogP contribution in [0.25, 0.3) is 20.2 Å². The third-order valence-electron chi connectivity index (χ3n) is 4.48. The second-order valence-electron chi connectivity index (χ2n) is 5.74. The Kier molecular flexibility index (Phi) is 3.12. The topological polar surface area (TPSA) is 12.5 Å². The lowest BCUT2D eigenvalue weighted by atomic mass is 10.0. The maximum Gasteiger partial charge on any atom is 0.0642 e. The number of ether oxygens (including phenoxy) is 1. The van der Waals surface area contributed by atoms with Crippen LogP contribution in [0.15, 0.2) is 30.3 Å². The summed E-state index contributed by atoms with van der Waals surface area (Å²) < 4.78 is 8.34. The van der Waals surface area contributed by atoms with Gasteiger partial charge in [0, 0.05) is 28.6 Å². The summed E-state index contributed by atoms with van der Waals surface area (Å²) >= 11 is 1.92. The van der Waals surface area contributed by atoms with Crippen LogP contribution in [0.5, 0.6) is 0 Å². The molecule has 3 heteroatoms. The first kappa shape index (κ1) is 13.1. The maximum absolute atomic E-state index is 5.52. The Morgan fingerprint density at radius 1 is 1.05 bits per heavy atom. The van der Waals surface area contributed by atoms with Crippen LogP contribution in [0.1, 0.15) is 11.1 Å². The minimum atomic E-state index is 0.833. The number of rotatable bonds is 1. The van der Waals surface area contributed by atoms with Crippen LogP contribution in [-0.2, 0) is 4.74 Å². The molecule has 3 aromatic rings. The van der Waals surface area contributed by atoms with Crippen molar-refractivity contribution in [3.05, 3.63) is 41.5 Å². The van der Waals surface area contributed by atoms with Crippen molar-refractivity contribution in [2.45, 2.75) is 13.8 Å².